The van der Waals surface area contributed by atoms with Gasteiger partial charge in [0.1, 0.15) is 11.6 Å². The molecule has 2 unspecified atom stereocenters. The van der Waals surface area contributed by atoms with Crippen molar-refractivity contribution in [1.29, 1.82) is 0 Å². The van der Waals surface area contributed by atoms with Crippen molar-refractivity contribution in [3.63, 3.8) is 0 Å². The monoisotopic (exact) mass is 298 g/mol. The van der Waals surface area contributed by atoms with Crippen molar-refractivity contribution >= 4 is 11.8 Å². The Balaban J connectivity index is 1.67. The van der Waals surface area contributed by atoms with Crippen molar-refractivity contribution in [3.05, 3.63) is 65.5 Å². The van der Waals surface area contributed by atoms with E-state index in [9.17, 15) is 14.0 Å². The van der Waals surface area contributed by atoms with Crippen LogP contribution in [0.5, 0.6) is 5.75 Å². The number of rotatable bonds is 4. The lowest BCUT2D eigenvalue weighted by molar-refractivity contribution is -0.135. The van der Waals surface area contributed by atoms with E-state index in [1.165, 1.54) is 19.1 Å². The number of benzene rings is 2. The molecule has 112 valence electrons. The van der Waals surface area contributed by atoms with E-state index < -0.39 is 0 Å². The van der Waals surface area contributed by atoms with Gasteiger partial charge in [-0.2, -0.15) is 0 Å². The van der Waals surface area contributed by atoms with E-state index >= 15 is 0 Å². The molecule has 3 nitrogen and oxygen atoms in total. The van der Waals surface area contributed by atoms with Crippen LogP contribution in [0.1, 0.15) is 35.2 Å². The molecule has 4 heteroatoms. The van der Waals surface area contributed by atoms with E-state index in [0.29, 0.717) is 17.7 Å². The van der Waals surface area contributed by atoms with Gasteiger partial charge >= 0.3 is 5.97 Å². The molecule has 1 fully saturated rings. The van der Waals surface area contributed by atoms with E-state index in [-0.39, 0.29) is 29.4 Å². The predicted octanol–water partition coefficient (Wildman–Crippen LogP) is 3.74. The number of hydrogen-bond acceptors (Lipinski definition) is 3. The average Bonchev–Trinajstić information content (AvgIpc) is 3.28. The van der Waals surface area contributed by atoms with Crippen LogP contribution in [0.3, 0.4) is 0 Å². The third-order valence-corrected chi connectivity index (χ3v) is 3.83. The standard InChI is InChI=1S/C18H15FO3/c1-11(20)12-4-3-7-15(9-12)22-18(21)17-10-16(17)13-5-2-6-14(19)8-13/h2-9,16-17H,10H2,1H3. The molecule has 0 aliphatic heterocycles. The summed E-state index contributed by atoms with van der Waals surface area (Å²) in [5.41, 5.74) is 1.32. The first-order chi connectivity index (χ1) is 10.5. The van der Waals surface area contributed by atoms with Gasteiger partial charge in [-0.25, -0.2) is 4.39 Å². The Morgan fingerprint density at radius 2 is 1.91 bits per heavy atom. The van der Waals surface area contributed by atoms with Crippen LogP contribution >= 0.6 is 0 Å². The summed E-state index contributed by atoms with van der Waals surface area (Å²) in [7, 11) is 0. The highest BCUT2D eigenvalue weighted by Crippen LogP contribution is 2.48. The van der Waals surface area contributed by atoms with E-state index in [1.54, 1.807) is 30.3 Å². The van der Waals surface area contributed by atoms with Gasteiger partial charge in [0.05, 0.1) is 5.92 Å². The highest BCUT2D eigenvalue weighted by Gasteiger charge is 2.45. The maximum absolute atomic E-state index is 13.2. The van der Waals surface area contributed by atoms with Crippen molar-refractivity contribution in [2.24, 2.45) is 5.92 Å². The Bertz CT molecular complexity index is 739. The van der Waals surface area contributed by atoms with Crippen molar-refractivity contribution in [1.82, 2.24) is 0 Å². The largest absolute Gasteiger partial charge is 0.426 e. The molecule has 2 aromatic carbocycles. The first kappa shape index (κ1) is 14.4. The molecule has 0 heterocycles. The molecule has 1 aliphatic carbocycles. The number of ether oxygens (including phenoxy) is 1. The minimum atomic E-state index is -0.338. The maximum Gasteiger partial charge on any atom is 0.314 e. The fourth-order valence-corrected chi connectivity index (χ4v) is 2.53. The van der Waals surface area contributed by atoms with Gasteiger partial charge in [-0.1, -0.05) is 24.3 Å². The molecule has 1 aliphatic rings. The lowest BCUT2D eigenvalue weighted by atomic mass is 10.1. The minimum Gasteiger partial charge on any atom is -0.426 e. The summed E-state index contributed by atoms with van der Waals surface area (Å²) in [4.78, 5) is 23.4. The van der Waals surface area contributed by atoms with E-state index in [2.05, 4.69) is 0 Å². The quantitative estimate of drug-likeness (QED) is 0.490. The van der Waals surface area contributed by atoms with E-state index in [1.807, 2.05) is 6.07 Å². The smallest absolute Gasteiger partial charge is 0.314 e. The van der Waals surface area contributed by atoms with Crippen molar-refractivity contribution in [2.45, 2.75) is 19.3 Å². The van der Waals surface area contributed by atoms with Gasteiger partial charge in [-0.05, 0) is 49.1 Å². The summed E-state index contributed by atoms with van der Waals surface area (Å²) < 4.78 is 18.5. The second-order valence-corrected chi connectivity index (χ2v) is 5.51. The zero-order valence-corrected chi connectivity index (χ0v) is 12.1. The molecular formula is C18H15FO3. The molecule has 0 spiro atoms. The van der Waals surface area contributed by atoms with Crippen LogP contribution in [0.25, 0.3) is 0 Å². The summed E-state index contributed by atoms with van der Waals surface area (Å²) in [5.74, 6) is -0.591. The average molecular weight is 298 g/mol. The van der Waals surface area contributed by atoms with Gasteiger partial charge in [0.25, 0.3) is 0 Å². The molecule has 22 heavy (non-hydrogen) atoms. The van der Waals surface area contributed by atoms with Crippen molar-refractivity contribution in [2.75, 3.05) is 0 Å². The molecule has 0 bridgehead atoms. The highest BCUT2D eigenvalue weighted by molar-refractivity contribution is 5.94. The highest BCUT2D eigenvalue weighted by atomic mass is 19.1. The third kappa shape index (κ3) is 3.06. The second kappa shape index (κ2) is 5.72. The van der Waals surface area contributed by atoms with Crippen molar-refractivity contribution < 1.29 is 18.7 Å². The van der Waals surface area contributed by atoms with Gasteiger partial charge in [-0.3, -0.25) is 9.59 Å². The SMILES string of the molecule is CC(=O)c1cccc(OC(=O)C2CC2c2cccc(F)c2)c1. The number of carbonyl (C=O) groups is 2. The van der Waals surface area contributed by atoms with Crippen LogP contribution in [0.15, 0.2) is 48.5 Å². The fourth-order valence-electron chi connectivity index (χ4n) is 2.53. The molecule has 0 radical (unpaired) electrons. The summed E-state index contributed by atoms with van der Waals surface area (Å²) in [6, 6.07) is 12.8. The number of halogens is 1. The summed E-state index contributed by atoms with van der Waals surface area (Å²) >= 11 is 0. The maximum atomic E-state index is 13.2. The second-order valence-electron chi connectivity index (χ2n) is 5.51. The lowest BCUT2D eigenvalue weighted by Crippen LogP contribution is -2.11. The zero-order valence-electron chi connectivity index (χ0n) is 12.1. The molecular weight excluding hydrogens is 283 g/mol. The van der Waals surface area contributed by atoms with Gasteiger partial charge < -0.3 is 4.74 Å². The molecule has 2 atom stereocenters. The van der Waals surface area contributed by atoms with Gasteiger partial charge in [0.2, 0.25) is 0 Å². The molecule has 3 rings (SSSR count). The summed E-state index contributed by atoms with van der Waals surface area (Å²) in [6.45, 7) is 1.46. The van der Waals surface area contributed by atoms with Crippen LogP contribution < -0.4 is 4.74 Å². The first-order valence-corrected chi connectivity index (χ1v) is 7.13. The van der Waals surface area contributed by atoms with Gasteiger partial charge in [0, 0.05) is 5.56 Å². The van der Waals surface area contributed by atoms with Crippen LogP contribution in [-0.2, 0) is 4.79 Å². The van der Waals surface area contributed by atoms with E-state index in [0.717, 1.165) is 5.56 Å². The van der Waals surface area contributed by atoms with Gasteiger partial charge in [-0.15, -0.1) is 0 Å². The minimum absolute atomic E-state index is 0.0131. The number of ketones is 1. The summed E-state index contributed by atoms with van der Waals surface area (Å²) in [6.07, 6.45) is 0.661. The topological polar surface area (TPSA) is 43.4 Å². The fraction of sp³-hybridized carbons (Fsp3) is 0.222. The Morgan fingerprint density at radius 3 is 2.64 bits per heavy atom. The number of esters is 1. The molecule has 0 N–H and O–H groups in total. The lowest BCUT2D eigenvalue weighted by Gasteiger charge is -2.05. The third-order valence-electron chi connectivity index (χ3n) is 3.83. The van der Waals surface area contributed by atoms with Crippen LogP contribution in [0.2, 0.25) is 0 Å². The normalized spacial score (nSPS) is 19.5. The predicted molar refractivity (Wildman–Crippen MR) is 79.3 cm³/mol. The van der Waals surface area contributed by atoms with Crippen LogP contribution in [0.4, 0.5) is 4.39 Å². The van der Waals surface area contributed by atoms with E-state index in [4.69, 9.17) is 4.74 Å². The molecule has 1 saturated carbocycles. The molecule has 0 aromatic heterocycles. The van der Waals surface area contributed by atoms with Gasteiger partial charge in [0.15, 0.2) is 5.78 Å². The zero-order chi connectivity index (χ0) is 15.7. The Hall–Kier alpha value is -2.49. The molecule has 0 saturated heterocycles. The Labute approximate surface area is 127 Å². The first-order valence-electron chi connectivity index (χ1n) is 7.13. The molecule has 0 amide bonds. The van der Waals surface area contributed by atoms with Crippen LogP contribution in [0, 0.1) is 11.7 Å². The number of Topliss-reactive ketones (excluding diaryl/α,β-unsaturated/α-hetero) is 1. The molecule has 2 aromatic rings. The number of carbonyl (C=O) groups excluding carboxylic acids is 2. The Kier molecular flexibility index (Phi) is 3.75. The number of hydrogen-bond donors (Lipinski definition) is 0. The van der Waals surface area contributed by atoms with Crippen molar-refractivity contribution in [3.8, 4) is 5.75 Å². The summed E-state index contributed by atoms with van der Waals surface area (Å²) in [5, 5.41) is 0. The Morgan fingerprint density at radius 1 is 1.14 bits per heavy atom. The van der Waals surface area contributed by atoms with Crippen LogP contribution in [-0.4, -0.2) is 11.8 Å².